The number of hydrogen-bond donors (Lipinski definition) is 0. The van der Waals surface area contributed by atoms with Gasteiger partial charge < -0.3 is 4.74 Å². The van der Waals surface area contributed by atoms with E-state index in [0.717, 1.165) is 19.3 Å². The SMILES string of the molecule is C=CCC(CCCCCCCCCCCC)OC(=O)C=C. The summed E-state index contributed by atoms with van der Waals surface area (Å²) in [6, 6.07) is 0. The lowest BCUT2D eigenvalue weighted by Crippen LogP contribution is -2.15. The molecule has 2 heteroatoms. The number of esters is 1. The second-order valence-electron chi connectivity index (χ2n) is 5.76. The van der Waals surface area contributed by atoms with Crippen LogP contribution in [0.15, 0.2) is 25.3 Å². The third kappa shape index (κ3) is 13.7. The van der Waals surface area contributed by atoms with Gasteiger partial charge in [0, 0.05) is 12.5 Å². The Morgan fingerprint density at radius 1 is 0.952 bits per heavy atom. The molecule has 0 amide bonds. The Morgan fingerprint density at radius 3 is 1.95 bits per heavy atom. The molecule has 0 aromatic heterocycles. The van der Waals surface area contributed by atoms with Crippen LogP contribution < -0.4 is 0 Å². The van der Waals surface area contributed by atoms with Crippen LogP contribution in [0.1, 0.15) is 84.0 Å². The van der Waals surface area contributed by atoms with E-state index in [1.165, 1.54) is 63.9 Å². The van der Waals surface area contributed by atoms with Crippen LogP contribution in [0.4, 0.5) is 0 Å². The highest BCUT2D eigenvalue weighted by Crippen LogP contribution is 2.14. The Morgan fingerprint density at radius 2 is 1.48 bits per heavy atom. The summed E-state index contributed by atoms with van der Waals surface area (Å²) in [6.45, 7) is 9.40. The van der Waals surface area contributed by atoms with Crippen LogP contribution in [0.2, 0.25) is 0 Å². The molecule has 0 N–H and O–H groups in total. The van der Waals surface area contributed by atoms with Gasteiger partial charge in [0.15, 0.2) is 0 Å². The fourth-order valence-electron chi connectivity index (χ4n) is 2.48. The second-order valence-corrected chi connectivity index (χ2v) is 5.76. The highest BCUT2D eigenvalue weighted by Gasteiger charge is 2.10. The average molecular weight is 294 g/mol. The van der Waals surface area contributed by atoms with E-state index < -0.39 is 0 Å². The van der Waals surface area contributed by atoms with E-state index >= 15 is 0 Å². The molecule has 0 aromatic carbocycles. The summed E-state index contributed by atoms with van der Waals surface area (Å²) in [5.41, 5.74) is 0. The number of hydrogen-bond acceptors (Lipinski definition) is 2. The first-order valence-corrected chi connectivity index (χ1v) is 8.68. The van der Waals surface area contributed by atoms with Crippen molar-refractivity contribution in [2.45, 2.75) is 90.1 Å². The van der Waals surface area contributed by atoms with Crippen LogP contribution >= 0.6 is 0 Å². The van der Waals surface area contributed by atoms with Crippen molar-refractivity contribution in [1.29, 1.82) is 0 Å². The van der Waals surface area contributed by atoms with E-state index in [9.17, 15) is 4.79 Å². The maximum Gasteiger partial charge on any atom is 0.330 e. The molecular formula is C19H34O2. The molecule has 2 nitrogen and oxygen atoms in total. The molecule has 0 spiro atoms. The minimum atomic E-state index is -0.325. The lowest BCUT2D eigenvalue weighted by molar-refractivity contribution is -0.143. The zero-order valence-electron chi connectivity index (χ0n) is 13.9. The maximum absolute atomic E-state index is 11.2. The number of rotatable bonds is 15. The second kappa shape index (κ2) is 15.3. The summed E-state index contributed by atoms with van der Waals surface area (Å²) < 4.78 is 5.29. The van der Waals surface area contributed by atoms with Gasteiger partial charge in [0.1, 0.15) is 6.10 Å². The van der Waals surface area contributed by atoms with Gasteiger partial charge in [-0.1, -0.05) is 77.4 Å². The number of carbonyl (C=O) groups excluding carboxylic acids is 1. The molecule has 21 heavy (non-hydrogen) atoms. The van der Waals surface area contributed by atoms with Crippen molar-refractivity contribution in [3.63, 3.8) is 0 Å². The minimum absolute atomic E-state index is 0.0259. The van der Waals surface area contributed by atoms with Gasteiger partial charge in [0.25, 0.3) is 0 Å². The van der Waals surface area contributed by atoms with E-state index in [0.29, 0.717) is 0 Å². The third-order valence-corrected chi connectivity index (χ3v) is 3.76. The lowest BCUT2D eigenvalue weighted by atomic mass is 10.0. The van der Waals surface area contributed by atoms with Gasteiger partial charge in [-0.05, 0) is 12.8 Å². The topological polar surface area (TPSA) is 26.3 Å². The summed E-state index contributed by atoms with van der Waals surface area (Å²) in [4.78, 5) is 11.2. The molecule has 0 fully saturated rings. The van der Waals surface area contributed by atoms with E-state index in [1.54, 1.807) is 0 Å². The van der Waals surface area contributed by atoms with Gasteiger partial charge in [-0.15, -0.1) is 6.58 Å². The zero-order valence-corrected chi connectivity index (χ0v) is 13.9. The van der Waals surface area contributed by atoms with Crippen molar-refractivity contribution in [2.75, 3.05) is 0 Å². The molecule has 0 rings (SSSR count). The molecule has 0 bridgehead atoms. The Bertz CT molecular complexity index is 271. The molecule has 1 unspecified atom stereocenters. The fourth-order valence-corrected chi connectivity index (χ4v) is 2.48. The Balaban J connectivity index is 3.47. The van der Waals surface area contributed by atoms with Crippen LogP contribution in [-0.4, -0.2) is 12.1 Å². The highest BCUT2D eigenvalue weighted by atomic mass is 16.5. The zero-order chi connectivity index (χ0) is 15.8. The highest BCUT2D eigenvalue weighted by molar-refractivity contribution is 5.81. The van der Waals surface area contributed by atoms with E-state index in [4.69, 9.17) is 4.74 Å². The van der Waals surface area contributed by atoms with E-state index in [1.807, 2.05) is 6.08 Å². The minimum Gasteiger partial charge on any atom is -0.459 e. The molecule has 0 heterocycles. The van der Waals surface area contributed by atoms with Crippen molar-refractivity contribution >= 4 is 5.97 Å². The third-order valence-electron chi connectivity index (χ3n) is 3.76. The van der Waals surface area contributed by atoms with Crippen LogP contribution in [0.3, 0.4) is 0 Å². The van der Waals surface area contributed by atoms with Gasteiger partial charge in [-0.25, -0.2) is 4.79 Å². The fraction of sp³-hybridized carbons (Fsp3) is 0.737. The molecule has 0 aliphatic rings. The van der Waals surface area contributed by atoms with E-state index in [-0.39, 0.29) is 12.1 Å². The van der Waals surface area contributed by atoms with Crippen molar-refractivity contribution in [1.82, 2.24) is 0 Å². The van der Waals surface area contributed by atoms with E-state index in [2.05, 4.69) is 20.1 Å². The number of unbranched alkanes of at least 4 members (excludes halogenated alkanes) is 9. The van der Waals surface area contributed by atoms with Crippen molar-refractivity contribution in [3.8, 4) is 0 Å². The predicted molar refractivity (Wildman–Crippen MR) is 91.4 cm³/mol. The number of carbonyl (C=O) groups is 1. The summed E-state index contributed by atoms with van der Waals surface area (Å²) in [5.74, 6) is -0.325. The van der Waals surface area contributed by atoms with Crippen LogP contribution in [-0.2, 0) is 9.53 Å². The average Bonchev–Trinajstić information content (AvgIpc) is 2.49. The largest absolute Gasteiger partial charge is 0.459 e. The predicted octanol–water partition coefficient (Wildman–Crippen LogP) is 5.97. The van der Waals surface area contributed by atoms with Crippen molar-refractivity contribution in [3.05, 3.63) is 25.3 Å². The summed E-state index contributed by atoms with van der Waals surface area (Å²) in [5, 5.41) is 0. The molecular weight excluding hydrogens is 260 g/mol. The van der Waals surface area contributed by atoms with Crippen LogP contribution in [0, 0.1) is 0 Å². The first-order chi connectivity index (χ1) is 10.2. The summed E-state index contributed by atoms with van der Waals surface area (Å²) >= 11 is 0. The van der Waals surface area contributed by atoms with Gasteiger partial charge in [-0.2, -0.15) is 0 Å². The first kappa shape index (κ1) is 19.9. The Kier molecular flexibility index (Phi) is 14.6. The van der Waals surface area contributed by atoms with Crippen molar-refractivity contribution < 1.29 is 9.53 Å². The van der Waals surface area contributed by atoms with Gasteiger partial charge in [0.2, 0.25) is 0 Å². The first-order valence-electron chi connectivity index (χ1n) is 8.68. The molecule has 0 aromatic rings. The lowest BCUT2D eigenvalue weighted by Gasteiger charge is -2.15. The standard InChI is InChI=1S/C19H34O2/c1-4-7-8-9-10-11-12-13-14-15-17-18(16-5-2)21-19(20)6-3/h5-6,18H,2-4,7-17H2,1H3. The quantitative estimate of drug-likeness (QED) is 0.161. The van der Waals surface area contributed by atoms with Crippen LogP contribution in [0.5, 0.6) is 0 Å². The Labute approximate surface area is 131 Å². The number of ether oxygens (including phenoxy) is 1. The monoisotopic (exact) mass is 294 g/mol. The van der Waals surface area contributed by atoms with Crippen LogP contribution in [0.25, 0.3) is 0 Å². The summed E-state index contributed by atoms with van der Waals surface area (Å²) in [7, 11) is 0. The molecule has 0 radical (unpaired) electrons. The smallest absolute Gasteiger partial charge is 0.330 e. The maximum atomic E-state index is 11.2. The molecule has 0 aliphatic heterocycles. The summed E-state index contributed by atoms with van der Waals surface area (Å²) in [6.07, 6.45) is 17.9. The molecule has 1 atom stereocenters. The van der Waals surface area contributed by atoms with Crippen molar-refractivity contribution in [2.24, 2.45) is 0 Å². The van der Waals surface area contributed by atoms with Gasteiger partial charge >= 0.3 is 5.97 Å². The van der Waals surface area contributed by atoms with Gasteiger partial charge in [0.05, 0.1) is 0 Å². The Hall–Kier alpha value is -1.05. The van der Waals surface area contributed by atoms with Gasteiger partial charge in [-0.3, -0.25) is 0 Å². The molecule has 0 saturated carbocycles. The molecule has 0 saturated heterocycles. The molecule has 122 valence electrons. The normalized spacial score (nSPS) is 11.9. The molecule has 0 aliphatic carbocycles.